The normalized spacial score (nSPS) is 10.3. The van der Waals surface area contributed by atoms with Gasteiger partial charge in [0.15, 0.2) is 0 Å². The molecule has 0 unspecified atom stereocenters. The van der Waals surface area contributed by atoms with Gasteiger partial charge in [-0.3, -0.25) is 4.79 Å². The first-order valence-corrected chi connectivity index (χ1v) is 6.95. The molecule has 0 fully saturated rings. The molecular formula is C14H10ClFINO. The summed E-state index contributed by atoms with van der Waals surface area (Å²) in [6, 6.07) is 9.56. The van der Waals surface area contributed by atoms with E-state index >= 15 is 0 Å². The number of anilines is 1. The second-order valence-corrected chi connectivity index (χ2v) is 5.62. The minimum Gasteiger partial charge on any atom is -0.322 e. The Hall–Kier alpha value is -1.14. The van der Waals surface area contributed by atoms with Gasteiger partial charge >= 0.3 is 0 Å². The van der Waals surface area contributed by atoms with Gasteiger partial charge in [-0.1, -0.05) is 17.7 Å². The van der Waals surface area contributed by atoms with E-state index in [0.717, 1.165) is 15.2 Å². The van der Waals surface area contributed by atoms with Gasteiger partial charge < -0.3 is 5.32 Å². The summed E-state index contributed by atoms with van der Waals surface area (Å²) in [5.41, 5.74) is 2.05. The fourth-order valence-electron chi connectivity index (χ4n) is 1.51. The van der Waals surface area contributed by atoms with Gasteiger partial charge in [0.2, 0.25) is 0 Å². The van der Waals surface area contributed by atoms with Crippen LogP contribution in [0.3, 0.4) is 0 Å². The predicted octanol–water partition coefficient (Wildman–Crippen LogP) is 4.64. The predicted molar refractivity (Wildman–Crippen MR) is 83.3 cm³/mol. The number of carbonyl (C=O) groups is 1. The number of hydrogen-bond acceptors (Lipinski definition) is 1. The first-order chi connectivity index (χ1) is 8.97. The molecule has 1 amide bonds. The smallest absolute Gasteiger partial charge is 0.255 e. The molecule has 0 saturated carbocycles. The number of halogens is 3. The summed E-state index contributed by atoms with van der Waals surface area (Å²) in [7, 11) is 0. The molecule has 98 valence electrons. The summed E-state index contributed by atoms with van der Waals surface area (Å²) < 4.78 is 14.3. The first kappa shape index (κ1) is 14.3. The third-order valence-electron chi connectivity index (χ3n) is 2.61. The third-order valence-corrected chi connectivity index (χ3v) is 4.08. The van der Waals surface area contributed by atoms with Gasteiger partial charge in [0.05, 0.1) is 5.02 Å². The van der Waals surface area contributed by atoms with E-state index < -0.39 is 5.82 Å². The summed E-state index contributed by atoms with van der Waals surface area (Å²) in [6.45, 7) is 1.99. The first-order valence-electron chi connectivity index (χ1n) is 5.50. The highest BCUT2D eigenvalue weighted by Crippen LogP contribution is 2.19. The average molecular weight is 390 g/mol. The summed E-state index contributed by atoms with van der Waals surface area (Å²) in [5, 5.41) is 2.72. The van der Waals surface area contributed by atoms with E-state index in [1.165, 1.54) is 12.1 Å². The lowest BCUT2D eigenvalue weighted by molar-refractivity contribution is 0.102. The number of nitrogens with one attached hydrogen (secondary N) is 1. The van der Waals surface area contributed by atoms with Crippen LogP contribution in [0.5, 0.6) is 0 Å². The maximum Gasteiger partial charge on any atom is 0.255 e. The van der Waals surface area contributed by atoms with Crippen molar-refractivity contribution < 1.29 is 9.18 Å². The third kappa shape index (κ3) is 3.45. The standard InChI is InChI=1S/C14H10ClFINO/c1-8-2-4-10(7-13(8)17)18-14(19)9-3-5-11(15)12(16)6-9/h2-7H,1H3,(H,18,19). The van der Waals surface area contributed by atoms with Crippen LogP contribution in [0.4, 0.5) is 10.1 Å². The van der Waals surface area contributed by atoms with Crippen LogP contribution in [0.1, 0.15) is 15.9 Å². The van der Waals surface area contributed by atoms with E-state index in [1.807, 2.05) is 25.1 Å². The molecule has 19 heavy (non-hydrogen) atoms. The van der Waals surface area contributed by atoms with E-state index in [1.54, 1.807) is 0 Å². The number of aryl methyl sites for hydroxylation is 1. The van der Waals surface area contributed by atoms with Gasteiger partial charge in [0.1, 0.15) is 5.82 Å². The van der Waals surface area contributed by atoms with Crippen LogP contribution < -0.4 is 5.32 Å². The molecule has 2 rings (SSSR count). The zero-order valence-electron chi connectivity index (χ0n) is 10.0. The maximum absolute atomic E-state index is 13.3. The molecule has 2 aromatic rings. The molecule has 0 aliphatic carbocycles. The van der Waals surface area contributed by atoms with Crippen LogP contribution in [-0.4, -0.2) is 5.91 Å². The van der Waals surface area contributed by atoms with Crippen molar-refractivity contribution in [1.82, 2.24) is 0 Å². The van der Waals surface area contributed by atoms with Gasteiger partial charge in [-0.25, -0.2) is 4.39 Å². The molecule has 0 heterocycles. The Labute approximate surface area is 129 Å². The van der Waals surface area contributed by atoms with Crippen molar-refractivity contribution in [3.63, 3.8) is 0 Å². The minimum absolute atomic E-state index is 0.00133. The Morgan fingerprint density at radius 2 is 2.00 bits per heavy atom. The Kier molecular flexibility index (Phi) is 4.42. The van der Waals surface area contributed by atoms with E-state index in [9.17, 15) is 9.18 Å². The number of hydrogen-bond donors (Lipinski definition) is 1. The van der Waals surface area contributed by atoms with Crippen LogP contribution in [-0.2, 0) is 0 Å². The van der Waals surface area contributed by atoms with Crippen molar-refractivity contribution in [2.24, 2.45) is 0 Å². The fourth-order valence-corrected chi connectivity index (χ4v) is 2.14. The topological polar surface area (TPSA) is 29.1 Å². The fraction of sp³-hybridized carbons (Fsp3) is 0.0714. The van der Waals surface area contributed by atoms with E-state index in [2.05, 4.69) is 27.9 Å². The highest BCUT2D eigenvalue weighted by atomic mass is 127. The zero-order valence-corrected chi connectivity index (χ0v) is 12.9. The lowest BCUT2D eigenvalue weighted by Gasteiger charge is -2.07. The highest BCUT2D eigenvalue weighted by molar-refractivity contribution is 14.1. The molecule has 0 bridgehead atoms. The zero-order chi connectivity index (χ0) is 14.0. The molecule has 0 atom stereocenters. The SMILES string of the molecule is Cc1ccc(NC(=O)c2ccc(Cl)c(F)c2)cc1I. The monoisotopic (exact) mass is 389 g/mol. The molecule has 1 N–H and O–H groups in total. The summed E-state index contributed by atoms with van der Waals surface area (Å²) >= 11 is 7.77. The Morgan fingerprint density at radius 1 is 1.26 bits per heavy atom. The van der Waals surface area contributed by atoms with Crippen molar-refractivity contribution in [1.29, 1.82) is 0 Å². The second-order valence-electron chi connectivity index (χ2n) is 4.05. The van der Waals surface area contributed by atoms with E-state index in [-0.39, 0.29) is 16.5 Å². The Morgan fingerprint density at radius 3 is 2.63 bits per heavy atom. The van der Waals surface area contributed by atoms with Gasteiger partial charge in [-0.05, 0) is 65.4 Å². The minimum atomic E-state index is -0.604. The highest BCUT2D eigenvalue weighted by Gasteiger charge is 2.09. The quantitative estimate of drug-likeness (QED) is 0.745. The number of rotatable bonds is 2. The number of amides is 1. The van der Waals surface area contributed by atoms with Crippen LogP contribution in [0.25, 0.3) is 0 Å². The molecule has 2 aromatic carbocycles. The van der Waals surface area contributed by atoms with Crippen molar-refractivity contribution in [2.75, 3.05) is 5.32 Å². The molecule has 0 spiro atoms. The van der Waals surface area contributed by atoms with Crippen molar-refractivity contribution in [2.45, 2.75) is 6.92 Å². The second kappa shape index (κ2) is 5.88. The van der Waals surface area contributed by atoms with Crippen molar-refractivity contribution in [3.05, 3.63) is 61.9 Å². The van der Waals surface area contributed by atoms with Crippen LogP contribution >= 0.6 is 34.2 Å². The molecule has 0 aliphatic heterocycles. The van der Waals surface area contributed by atoms with Gasteiger partial charge in [0.25, 0.3) is 5.91 Å². The number of benzene rings is 2. The molecule has 5 heteroatoms. The van der Waals surface area contributed by atoms with Gasteiger partial charge in [-0.2, -0.15) is 0 Å². The lowest BCUT2D eigenvalue weighted by atomic mass is 10.2. The Balaban J connectivity index is 2.20. The van der Waals surface area contributed by atoms with Gasteiger partial charge in [-0.15, -0.1) is 0 Å². The van der Waals surface area contributed by atoms with Crippen molar-refractivity contribution in [3.8, 4) is 0 Å². The largest absolute Gasteiger partial charge is 0.322 e. The van der Waals surface area contributed by atoms with Gasteiger partial charge in [0, 0.05) is 14.8 Å². The molecule has 0 saturated heterocycles. The molecule has 0 aliphatic rings. The lowest BCUT2D eigenvalue weighted by Crippen LogP contribution is -2.12. The molecule has 0 aromatic heterocycles. The van der Waals surface area contributed by atoms with E-state index in [0.29, 0.717) is 5.69 Å². The van der Waals surface area contributed by atoms with Crippen molar-refractivity contribution >= 4 is 45.8 Å². The van der Waals surface area contributed by atoms with E-state index in [4.69, 9.17) is 11.6 Å². The Bertz CT molecular complexity index is 645. The van der Waals surface area contributed by atoms with Crippen LogP contribution in [0.15, 0.2) is 36.4 Å². The van der Waals surface area contributed by atoms with Crippen LogP contribution in [0.2, 0.25) is 5.02 Å². The molecular weight excluding hydrogens is 380 g/mol. The average Bonchev–Trinajstić information content (AvgIpc) is 2.37. The molecule has 2 nitrogen and oxygen atoms in total. The summed E-state index contributed by atoms with van der Waals surface area (Å²) in [5.74, 6) is -0.969. The summed E-state index contributed by atoms with van der Waals surface area (Å²) in [4.78, 5) is 12.0. The summed E-state index contributed by atoms with van der Waals surface area (Å²) in [6.07, 6.45) is 0. The number of carbonyl (C=O) groups excluding carboxylic acids is 1. The molecule has 0 radical (unpaired) electrons. The van der Waals surface area contributed by atoms with Crippen LogP contribution in [0, 0.1) is 16.3 Å². The maximum atomic E-state index is 13.3.